The molecule has 0 radical (unpaired) electrons. The van der Waals surface area contributed by atoms with Gasteiger partial charge in [0.15, 0.2) is 0 Å². The summed E-state index contributed by atoms with van der Waals surface area (Å²) in [6, 6.07) is 19.9. The predicted molar refractivity (Wildman–Crippen MR) is 117 cm³/mol. The summed E-state index contributed by atoms with van der Waals surface area (Å²) in [6.45, 7) is 0. The lowest BCUT2D eigenvalue weighted by Crippen LogP contribution is -2.11. The monoisotopic (exact) mass is 422 g/mol. The second kappa shape index (κ2) is 8.72. The fourth-order valence-electron chi connectivity index (χ4n) is 2.54. The number of benzene rings is 2. The Morgan fingerprint density at radius 2 is 1.86 bits per heavy atom. The van der Waals surface area contributed by atoms with E-state index in [1.807, 2.05) is 30.3 Å². The van der Waals surface area contributed by atoms with Gasteiger partial charge in [-0.25, -0.2) is 4.98 Å². The molecule has 6 nitrogen and oxygen atoms in total. The molecule has 1 amide bonds. The largest absolute Gasteiger partial charge is 0.463 e. The molecule has 2 heterocycles. The van der Waals surface area contributed by atoms with Crippen molar-refractivity contribution in [2.45, 2.75) is 0 Å². The Hall–Kier alpha value is -3.42. The van der Waals surface area contributed by atoms with Crippen LogP contribution < -0.4 is 10.7 Å². The second-order valence-electron chi connectivity index (χ2n) is 5.91. The van der Waals surface area contributed by atoms with Crippen molar-refractivity contribution in [1.29, 1.82) is 0 Å². The molecule has 2 N–H and O–H groups in total. The van der Waals surface area contributed by atoms with E-state index in [4.69, 9.17) is 16.0 Å². The maximum absolute atomic E-state index is 12.6. The van der Waals surface area contributed by atoms with E-state index >= 15 is 0 Å². The molecule has 0 spiro atoms. The topological polar surface area (TPSA) is 79.5 Å². The molecule has 0 fully saturated rings. The first-order valence-corrected chi connectivity index (χ1v) is 9.84. The first kappa shape index (κ1) is 18.9. The maximum atomic E-state index is 12.6. The molecule has 0 aliphatic rings. The third-order valence-electron chi connectivity index (χ3n) is 3.90. The standard InChI is InChI=1S/C21H15ClN4O2S/c22-16-10-8-15(9-11-16)19(27)25-20-18(14-5-2-1-3-6-14)24-21(29-20)26-23-13-17-7-4-12-28-17/h1-13H,(H,24,26)(H,25,27). The molecule has 4 aromatic rings. The fraction of sp³-hybridized carbons (Fsp3) is 0. The van der Waals surface area contributed by atoms with Gasteiger partial charge in [-0.15, -0.1) is 0 Å². The number of nitrogens with zero attached hydrogens (tertiary/aromatic N) is 2. The highest BCUT2D eigenvalue weighted by molar-refractivity contribution is 7.20. The van der Waals surface area contributed by atoms with E-state index in [2.05, 4.69) is 20.8 Å². The van der Waals surface area contributed by atoms with Gasteiger partial charge >= 0.3 is 0 Å². The molecular formula is C21H15ClN4O2S. The lowest BCUT2D eigenvalue weighted by atomic mass is 10.1. The first-order valence-electron chi connectivity index (χ1n) is 8.65. The van der Waals surface area contributed by atoms with Crippen LogP contribution in [0, 0.1) is 0 Å². The summed E-state index contributed by atoms with van der Waals surface area (Å²) in [5.74, 6) is 0.377. The number of amides is 1. The third-order valence-corrected chi connectivity index (χ3v) is 5.03. The molecule has 0 aliphatic heterocycles. The zero-order chi connectivity index (χ0) is 20.1. The predicted octanol–water partition coefficient (Wildman–Crippen LogP) is 5.75. The Bertz CT molecular complexity index is 1120. The molecule has 0 saturated heterocycles. The van der Waals surface area contributed by atoms with Crippen LogP contribution in [-0.2, 0) is 0 Å². The van der Waals surface area contributed by atoms with Gasteiger partial charge in [0.2, 0.25) is 5.13 Å². The summed E-state index contributed by atoms with van der Waals surface area (Å²) in [7, 11) is 0. The van der Waals surface area contributed by atoms with Gasteiger partial charge in [-0.3, -0.25) is 10.2 Å². The number of aromatic nitrogens is 1. The van der Waals surface area contributed by atoms with Crippen LogP contribution in [0.4, 0.5) is 10.1 Å². The van der Waals surface area contributed by atoms with Crippen molar-refractivity contribution >= 4 is 45.2 Å². The van der Waals surface area contributed by atoms with Crippen LogP contribution in [0.5, 0.6) is 0 Å². The number of carbonyl (C=O) groups excluding carboxylic acids is 1. The highest BCUT2D eigenvalue weighted by atomic mass is 35.5. The summed E-state index contributed by atoms with van der Waals surface area (Å²) in [5, 5.41) is 8.80. The number of thiazole rings is 1. The highest BCUT2D eigenvalue weighted by Crippen LogP contribution is 2.36. The lowest BCUT2D eigenvalue weighted by Gasteiger charge is -2.05. The Labute approximate surface area is 175 Å². The summed E-state index contributed by atoms with van der Waals surface area (Å²) < 4.78 is 5.21. The van der Waals surface area contributed by atoms with Crippen LogP contribution in [-0.4, -0.2) is 17.1 Å². The van der Waals surface area contributed by atoms with Gasteiger partial charge in [-0.05, 0) is 36.4 Å². The van der Waals surface area contributed by atoms with E-state index < -0.39 is 0 Å². The van der Waals surface area contributed by atoms with Crippen LogP contribution in [0.15, 0.2) is 82.5 Å². The van der Waals surface area contributed by atoms with Crippen molar-refractivity contribution in [1.82, 2.24) is 4.98 Å². The van der Waals surface area contributed by atoms with Crippen molar-refractivity contribution in [3.05, 3.63) is 89.3 Å². The molecule has 144 valence electrons. The smallest absolute Gasteiger partial charge is 0.256 e. The van der Waals surface area contributed by atoms with Gasteiger partial charge in [0.25, 0.3) is 5.91 Å². The van der Waals surface area contributed by atoms with Gasteiger partial charge in [-0.2, -0.15) is 5.10 Å². The molecule has 8 heteroatoms. The first-order chi connectivity index (χ1) is 14.2. The van der Waals surface area contributed by atoms with Crippen molar-refractivity contribution in [3.8, 4) is 11.3 Å². The molecule has 2 aromatic carbocycles. The van der Waals surface area contributed by atoms with Crippen LogP contribution >= 0.6 is 22.9 Å². The lowest BCUT2D eigenvalue weighted by molar-refractivity contribution is 0.102. The van der Waals surface area contributed by atoms with Crippen LogP contribution in [0.3, 0.4) is 0 Å². The number of hydrogen-bond donors (Lipinski definition) is 2. The number of anilines is 2. The average Bonchev–Trinajstić information content (AvgIpc) is 3.39. The van der Waals surface area contributed by atoms with Crippen LogP contribution in [0.1, 0.15) is 16.1 Å². The van der Waals surface area contributed by atoms with E-state index in [9.17, 15) is 4.79 Å². The number of halogens is 1. The fourth-order valence-corrected chi connectivity index (χ4v) is 3.50. The molecule has 0 atom stereocenters. The van der Waals surface area contributed by atoms with Gasteiger partial charge in [0, 0.05) is 16.1 Å². The molecule has 0 saturated carbocycles. The van der Waals surface area contributed by atoms with Crippen molar-refractivity contribution < 1.29 is 9.21 Å². The Balaban J connectivity index is 1.59. The number of hydrazone groups is 1. The highest BCUT2D eigenvalue weighted by Gasteiger charge is 2.16. The molecular weight excluding hydrogens is 408 g/mol. The quantitative estimate of drug-likeness (QED) is 0.306. The number of carbonyl (C=O) groups is 1. The number of furan rings is 1. The van der Waals surface area contributed by atoms with E-state index in [1.165, 1.54) is 11.3 Å². The van der Waals surface area contributed by atoms with E-state index in [-0.39, 0.29) is 5.91 Å². The third kappa shape index (κ3) is 4.71. The van der Waals surface area contributed by atoms with Crippen LogP contribution in [0.2, 0.25) is 5.02 Å². The molecule has 29 heavy (non-hydrogen) atoms. The Morgan fingerprint density at radius 1 is 1.07 bits per heavy atom. The molecule has 0 aliphatic carbocycles. The SMILES string of the molecule is O=C(Nc1sc(NN=Cc2ccco2)nc1-c1ccccc1)c1ccc(Cl)cc1. The van der Waals surface area contributed by atoms with Crippen molar-refractivity contribution in [2.75, 3.05) is 10.7 Å². The summed E-state index contributed by atoms with van der Waals surface area (Å²) in [6.07, 6.45) is 3.12. The van der Waals surface area contributed by atoms with Crippen molar-refractivity contribution in [3.63, 3.8) is 0 Å². The average molecular weight is 423 g/mol. The van der Waals surface area contributed by atoms with E-state index in [0.29, 0.717) is 32.2 Å². The summed E-state index contributed by atoms with van der Waals surface area (Å²) in [4.78, 5) is 17.2. The van der Waals surface area contributed by atoms with E-state index in [1.54, 1.807) is 48.9 Å². The molecule has 0 bridgehead atoms. The number of nitrogens with one attached hydrogen (secondary N) is 2. The second-order valence-corrected chi connectivity index (χ2v) is 7.34. The van der Waals surface area contributed by atoms with Crippen molar-refractivity contribution in [2.24, 2.45) is 5.10 Å². The van der Waals surface area contributed by atoms with Gasteiger partial charge < -0.3 is 9.73 Å². The molecule has 2 aromatic heterocycles. The minimum atomic E-state index is -0.242. The Morgan fingerprint density at radius 3 is 2.59 bits per heavy atom. The van der Waals surface area contributed by atoms with Gasteiger partial charge in [0.05, 0.1) is 12.5 Å². The number of rotatable bonds is 6. The minimum Gasteiger partial charge on any atom is -0.463 e. The van der Waals surface area contributed by atoms with Crippen LogP contribution in [0.25, 0.3) is 11.3 Å². The zero-order valence-electron chi connectivity index (χ0n) is 15.0. The maximum Gasteiger partial charge on any atom is 0.256 e. The van der Waals surface area contributed by atoms with E-state index in [0.717, 1.165) is 5.56 Å². The minimum absolute atomic E-state index is 0.242. The summed E-state index contributed by atoms with van der Waals surface area (Å²) in [5.41, 5.74) is 4.94. The van der Waals surface area contributed by atoms with Gasteiger partial charge in [0.1, 0.15) is 16.5 Å². The normalized spacial score (nSPS) is 10.9. The summed E-state index contributed by atoms with van der Waals surface area (Å²) >= 11 is 7.20. The van der Waals surface area contributed by atoms with Gasteiger partial charge in [-0.1, -0.05) is 53.3 Å². The zero-order valence-corrected chi connectivity index (χ0v) is 16.6. The molecule has 4 rings (SSSR count). The number of hydrogen-bond acceptors (Lipinski definition) is 6. The molecule has 0 unspecified atom stereocenters. The Kier molecular flexibility index (Phi) is 5.69.